The number of rotatable bonds is 7. The second-order valence-electron chi connectivity index (χ2n) is 7.33. The summed E-state index contributed by atoms with van der Waals surface area (Å²) in [6.07, 6.45) is 8.91. The zero-order valence-electron chi connectivity index (χ0n) is 12.9. The van der Waals surface area contributed by atoms with Gasteiger partial charge in [-0.3, -0.25) is 0 Å². The summed E-state index contributed by atoms with van der Waals surface area (Å²) in [4.78, 5) is 2.63. The van der Waals surface area contributed by atoms with Gasteiger partial charge in [-0.25, -0.2) is 0 Å². The molecule has 2 unspecified atom stereocenters. The molecule has 3 rings (SSSR count). The summed E-state index contributed by atoms with van der Waals surface area (Å²) < 4.78 is 0. The predicted molar refractivity (Wildman–Crippen MR) is 81.2 cm³/mol. The molecule has 110 valence electrons. The molecule has 0 spiro atoms. The summed E-state index contributed by atoms with van der Waals surface area (Å²) >= 11 is 0. The SMILES string of the molecule is CCN1CCCC(C(C)NCC(C2CC2)C2CC2)C1. The number of nitrogens with zero attached hydrogens (tertiary/aromatic N) is 1. The largest absolute Gasteiger partial charge is 0.314 e. The van der Waals surface area contributed by atoms with Crippen molar-refractivity contribution in [3.8, 4) is 0 Å². The van der Waals surface area contributed by atoms with Crippen LogP contribution in [0.2, 0.25) is 0 Å². The van der Waals surface area contributed by atoms with Gasteiger partial charge in [-0.05, 0) is 88.8 Å². The number of hydrogen-bond donors (Lipinski definition) is 1. The number of piperidine rings is 1. The van der Waals surface area contributed by atoms with Crippen LogP contribution in [0.3, 0.4) is 0 Å². The summed E-state index contributed by atoms with van der Waals surface area (Å²) in [7, 11) is 0. The summed E-state index contributed by atoms with van der Waals surface area (Å²) in [5, 5.41) is 3.91. The number of hydrogen-bond acceptors (Lipinski definition) is 2. The van der Waals surface area contributed by atoms with Gasteiger partial charge in [0.2, 0.25) is 0 Å². The lowest BCUT2D eigenvalue weighted by Gasteiger charge is -2.36. The fourth-order valence-electron chi connectivity index (χ4n) is 4.04. The molecule has 19 heavy (non-hydrogen) atoms. The van der Waals surface area contributed by atoms with Crippen molar-refractivity contribution >= 4 is 0 Å². The molecule has 3 aliphatic rings. The maximum absolute atomic E-state index is 3.91. The number of likely N-dealkylation sites (tertiary alicyclic amines) is 1. The molecule has 0 radical (unpaired) electrons. The summed E-state index contributed by atoms with van der Waals surface area (Å²) in [6.45, 7) is 9.92. The van der Waals surface area contributed by atoms with Gasteiger partial charge in [0.1, 0.15) is 0 Å². The zero-order chi connectivity index (χ0) is 13.2. The van der Waals surface area contributed by atoms with E-state index in [1.807, 2.05) is 0 Å². The Morgan fingerprint density at radius 3 is 2.32 bits per heavy atom. The van der Waals surface area contributed by atoms with Gasteiger partial charge in [-0.1, -0.05) is 6.92 Å². The van der Waals surface area contributed by atoms with E-state index in [2.05, 4.69) is 24.1 Å². The molecule has 2 heteroatoms. The maximum Gasteiger partial charge on any atom is 0.00793 e. The summed E-state index contributed by atoms with van der Waals surface area (Å²) in [5.74, 6) is 4.08. The molecule has 0 bridgehead atoms. The minimum absolute atomic E-state index is 0.717. The first-order valence-corrected chi connectivity index (χ1v) is 8.73. The lowest BCUT2D eigenvalue weighted by Crippen LogP contribution is -2.45. The summed E-state index contributed by atoms with van der Waals surface area (Å²) in [6, 6.07) is 0.717. The van der Waals surface area contributed by atoms with Crippen molar-refractivity contribution < 1.29 is 0 Å². The highest BCUT2D eigenvalue weighted by molar-refractivity contribution is 4.93. The topological polar surface area (TPSA) is 15.3 Å². The lowest BCUT2D eigenvalue weighted by molar-refractivity contribution is 0.154. The fourth-order valence-corrected chi connectivity index (χ4v) is 4.04. The Labute approximate surface area is 119 Å². The predicted octanol–water partition coefficient (Wildman–Crippen LogP) is 3.13. The molecule has 0 aromatic rings. The van der Waals surface area contributed by atoms with Crippen LogP contribution >= 0.6 is 0 Å². The molecule has 2 saturated carbocycles. The molecule has 2 nitrogen and oxygen atoms in total. The van der Waals surface area contributed by atoms with Crippen molar-refractivity contribution in [3.63, 3.8) is 0 Å². The lowest BCUT2D eigenvalue weighted by atomic mass is 9.90. The first-order valence-electron chi connectivity index (χ1n) is 8.73. The first-order chi connectivity index (χ1) is 9.28. The van der Waals surface area contributed by atoms with Crippen molar-refractivity contribution in [3.05, 3.63) is 0 Å². The third-order valence-electron chi connectivity index (χ3n) is 5.83. The highest BCUT2D eigenvalue weighted by atomic mass is 15.1. The molecular weight excluding hydrogens is 232 g/mol. The van der Waals surface area contributed by atoms with Crippen molar-refractivity contribution in [1.29, 1.82) is 0 Å². The van der Waals surface area contributed by atoms with Gasteiger partial charge in [0.05, 0.1) is 0 Å². The van der Waals surface area contributed by atoms with E-state index in [0.717, 1.165) is 23.7 Å². The van der Waals surface area contributed by atoms with Gasteiger partial charge in [-0.15, -0.1) is 0 Å². The molecule has 0 aromatic heterocycles. The minimum Gasteiger partial charge on any atom is -0.314 e. The first kappa shape index (κ1) is 13.9. The Balaban J connectivity index is 1.43. The molecule has 0 aromatic carbocycles. The normalized spacial score (nSPS) is 30.8. The Kier molecular flexibility index (Phi) is 4.48. The third-order valence-corrected chi connectivity index (χ3v) is 5.83. The molecular formula is C17H32N2. The Morgan fingerprint density at radius 2 is 1.74 bits per heavy atom. The number of nitrogens with one attached hydrogen (secondary N) is 1. The standard InChI is InChI=1S/C17H32N2/c1-3-19-10-4-5-16(12-19)13(2)18-11-17(14-6-7-14)15-8-9-15/h13-18H,3-12H2,1-2H3. The minimum atomic E-state index is 0.717. The molecule has 0 amide bonds. The van der Waals surface area contributed by atoms with Crippen LogP contribution < -0.4 is 5.32 Å². The van der Waals surface area contributed by atoms with Crippen LogP contribution in [0.15, 0.2) is 0 Å². The van der Waals surface area contributed by atoms with Gasteiger partial charge >= 0.3 is 0 Å². The van der Waals surface area contributed by atoms with Gasteiger partial charge in [0, 0.05) is 12.6 Å². The highest BCUT2D eigenvalue weighted by Gasteiger charge is 2.41. The van der Waals surface area contributed by atoms with Crippen molar-refractivity contribution in [1.82, 2.24) is 10.2 Å². The van der Waals surface area contributed by atoms with Crippen molar-refractivity contribution in [2.45, 2.75) is 58.4 Å². The van der Waals surface area contributed by atoms with E-state index >= 15 is 0 Å². The molecule has 1 heterocycles. The van der Waals surface area contributed by atoms with Crippen LogP contribution in [0.5, 0.6) is 0 Å². The fraction of sp³-hybridized carbons (Fsp3) is 1.00. The molecule has 1 saturated heterocycles. The molecule has 1 N–H and O–H groups in total. The van der Waals surface area contributed by atoms with E-state index in [9.17, 15) is 0 Å². The van der Waals surface area contributed by atoms with E-state index in [4.69, 9.17) is 0 Å². The summed E-state index contributed by atoms with van der Waals surface area (Å²) in [5.41, 5.74) is 0. The Hall–Kier alpha value is -0.0800. The molecule has 1 aliphatic heterocycles. The van der Waals surface area contributed by atoms with Gasteiger partial charge in [0.15, 0.2) is 0 Å². The van der Waals surface area contributed by atoms with E-state index in [1.54, 1.807) is 0 Å². The average molecular weight is 264 g/mol. The van der Waals surface area contributed by atoms with Gasteiger partial charge in [-0.2, -0.15) is 0 Å². The van der Waals surface area contributed by atoms with E-state index < -0.39 is 0 Å². The van der Waals surface area contributed by atoms with Crippen LogP contribution in [0, 0.1) is 23.7 Å². The van der Waals surface area contributed by atoms with Crippen LogP contribution in [0.4, 0.5) is 0 Å². The van der Waals surface area contributed by atoms with Crippen molar-refractivity contribution in [2.75, 3.05) is 26.2 Å². The van der Waals surface area contributed by atoms with Crippen molar-refractivity contribution in [2.24, 2.45) is 23.7 Å². The van der Waals surface area contributed by atoms with Crippen LogP contribution in [0.1, 0.15) is 52.4 Å². The average Bonchev–Trinajstić information content (AvgIpc) is 3.31. The maximum atomic E-state index is 3.91. The van der Waals surface area contributed by atoms with Crippen LogP contribution in [-0.4, -0.2) is 37.1 Å². The zero-order valence-corrected chi connectivity index (χ0v) is 12.9. The second-order valence-corrected chi connectivity index (χ2v) is 7.33. The highest BCUT2D eigenvalue weighted by Crippen LogP contribution is 2.48. The van der Waals surface area contributed by atoms with E-state index in [1.165, 1.54) is 64.7 Å². The van der Waals surface area contributed by atoms with Crippen LogP contribution in [0.25, 0.3) is 0 Å². The van der Waals surface area contributed by atoms with E-state index in [-0.39, 0.29) is 0 Å². The molecule has 2 atom stereocenters. The molecule has 2 aliphatic carbocycles. The smallest absolute Gasteiger partial charge is 0.00793 e. The van der Waals surface area contributed by atoms with E-state index in [0.29, 0.717) is 6.04 Å². The second kappa shape index (κ2) is 6.13. The van der Waals surface area contributed by atoms with Gasteiger partial charge in [0.25, 0.3) is 0 Å². The van der Waals surface area contributed by atoms with Gasteiger partial charge < -0.3 is 10.2 Å². The third kappa shape index (κ3) is 3.72. The Morgan fingerprint density at radius 1 is 1.05 bits per heavy atom. The monoisotopic (exact) mass is 264 g/mol. The molecule has 3 fully saturated rings. The Bertz CT molecular complexity index is 271. The van der Waals surface area contributed by atoms with Crippen LogP contribution in [-0.2, 0) is 0 Å². The quantitative estimate of drug-likeness (QED) is 0.760.